The Bertz CT molecular complexity index is 1030. The molecule has 6 nitrogen and oxygen atoms in total. The quantitative estimate of drug-likeness (QED) is 0.727. The van der Waals surface area contributed by atoms with Gasteiger partial charge in [0.25, 0.3) is 5.91 Å². The summed E-state index contributed by atoms with van der Waals surface area (Å²) in [5.41, 5.74) is 1.56. The molecule has 0 radical (unpaired) electrons. The molecule has 0 unspecified atom stereocenters. The summed E-state index contributed by atoms with van der Waals surface area (Å²) in [7, 11) is -3.51. The van der Waals surface area contributed by atoms with E-state index in [0.717, 1.165) is 24.8 Å². The zero-order valence-electron chi connectivity index (χ0n) is 16.9. The number of benzene rings is 2. The molecule has 2 aromatic carbocycles. The number of piperidine rings is 1. The molecule has 2 heterocycles. The lowest BCUT2D eigenvalue weighted by molar-refractivity contribution is -0.124. The lowest BCUT2D eigenvalue weighted by Gasteiger charge is -2.26. The van der Waals surface area contributed by atoms with Gasteiger partial charge >= 0.3 is 0 Å². The first-order chi connectivity index (χ1) is 14.4. The van der Waals surface area contributed by atoms with Crippen molar-refractivity contribution in [3.8, 4) is 5.75 Å². The van der Waals surface area contributed by atoms with E-state index in [4.69, 9.17) is 4.74 Å². The van der Waals surface area contributed by atoms with Gasteiger partial charge in [0, 0.05) is 25.3 Å². The lowest BCUT2D eigenvalue weighted by Crippen LogP contribution is -2.39. The summed E-state index contributed by atoms with van der Waals surface area (Å²) in [5.74, 6) is -0.172. The smallest absolute Gasteiger partial charge is 0.267 e. The number of rotatable bonds is 5. The molecule has 2 aromatic rings. The second-order valence-electron chi connectivity index (χ2n) is 7.71. The molecule has 8 heteroatoms. The molecular weight excluding hydrogens is 407 g/mol. The second-order valence-corrected chi connectivity index (χ2v) is 9.65. The number of hydrogen-bond donors (Lipinski definition) is 0. The number of sulfonamides is 1. The third kappa shape index (κ3) is 4.06. The Kier molecular flexibility index (Phi) is 5.79. The highest BCUT2D eigenvalue weighted by atomic mass is 32.2. The summed E-state index contributed by atoms with van der Waals surface area (Å²) in [4.78, 5) is 14.8. The van der Waals surface area contributed by atoms with E-state index in [2.05, 4.69) is 0 Å². The predicted molar refractivity (Wildman–Crippen MR) is 112 cm³/mol. The second kappa shape index (κ2) is 8.35. The highest BCUT2D eigenvalue weighted by Gasteiger charge is 2.32. The van der Waals surface area contributed by atoms with E-state index in [9.17, 15) is 17.6 Å². The van der Waals surface area contributed by atoms with Gasteiger partial charge in [0.05, 0.1) is 4.90 Å². The summed E-state index contributed by atoms with van der Waals surface area (Å²) < 4.78 is 46.1. The van der Waals surface area contributed by atoms with E-state index in [-0.39, 0.29) is 16.6 Å². The Morgan fingerprint density at radius 3 is 2.43 bits per heavy atom. The summed E-state index contributed by atoms with van der Waals surface area (Å²) in [5, 5.41) is 0. The molecule has 2 aliphatic heterocycles. The van der Waals surface area contributed by atoms with Gasteiger partial charge in [-0.25, -0.2) is 12.8 Å². The van der Waals surface area contributed by atoms with Crippen molar-refractivity contribution in [1.29, 1.82) is 0 Å². The van der Waals surface area contributed by atoms with Crippen LogP contribution in [0.3, 0.4) is 0 Å². The average Bonchev–Trinajstić information content (AvgIpc) is 3.18. The van der Waals surface area contributed by atoms with Crippen molar-refractivity contribution in [3.05, 3.63) is 53.8 Å². The molecule has 1 saturated heterocycles. The zero-order valence-corrected chi connectivity index (χ0v) is 17.7. The maximum absolute atomic E-state index is 13.1. The highest BCUT2D eigenvalue weighted by molar-refractivity contribution is 7.89. The van der Waals surface area contributed by atoms with Gasteiger partial charge in [0.15, 0.2) is 6.10 Å². The molecule has 0 bridgehead atoms. The molecule has 2 aliphatic rings. The van der Waals surface area contributed by atoms with Crippen LogP contribution in [0.15, 0.2) is 47.4 Å². The van der Waals surface area contributed by atoms with Crippen molar-refractivity contribution in [3.63, 3.8) is 0 Å². The topological polar surface area (TPSA) is 66.9 Å². The molecule has 1 fully saturated rings. The van der Waals surface area contributed by atoms with Gasteiger partial charge in [0.2, 0.25) is 10.0 Å². The Labute approximate surface area is 176 Å². The van der Waals surface area contributed by atoms with Crippen molar-refractivity contribution in [2.45, 2.75) is 43.6 Å². The van der Waals surface area contributed by atoms with Crippen LogP contribution in [0.1, 0.15) is 31.7 Å². The molecule has 0 saturated carbocycles. The van der Waals surface area contributed by atoms with Crippen LogP contribution in [0.5, 0.6) is 5.75 Å². The number of ether oxygens (including phenoxy) is 1. The fraction of sp³-hybridized carbons (Fsp3) is 0.409. The Morgan fingerprint density at radius 2 is 1.73 bits per heavy atom. The maximum atomic E-state index is 13.1. The zero-order chi connectivity index (χ0) is 21.3. The van der Waals surface area contributed by atoms with Gasteiger partial charge < -0.3 is 9.64 Å². The van der Waals surface area contributed by atoms with Crippen LogP contribution in [0.25, 0.3) is 0 Å². The van der Waals surface area contributed by atoms with E-state index < -0.39 is 16.1 Å². The first kappa shape index (κ1) is 20.8. The van der Waals surface area contributed by atoms with Gasteiger partial charge in [-0.2, -0.15) is 4.31 Å². The summed E-state index contributed by atoms with van der Waals surface area (Å²) in [6.07, 6.45) is 2.67. The molecular formula is C22H25FN2O4S. The van der Waals surface area contributed by atoms with E-state index in [1.807, 2.05) is 0 Å². The normalized spacial score (nSPS) is 18.1. The highest BCUT2D eigenvalue weighted by Crippen LogP contribution is 2.32. The minimum absolute atomic E-state index is 0.218. The van der Waals surface area contributed by atoms with Crippen LogP contribution in [0.2, 0.25) is 0 Å². The summed E-state index contributed by atoms with van der Waals surface area (Å²) in [6.45, 7) is 3.24. The molecule has 30 heavy (non-hydrogen) atoms. The van der Waals surface area contributed by atoms with Gasteiger partial charge in [-0.05, 0) is 74.2 Å². The van der Waals surface area contributed by atoms with Crippen molar-refractivity contribution in [1.82, 2.24) is 4.31 Å². The molecule has 1 amide bonds. The fourth-order valence-electron chi connectivity index (χ4n) is 4.01. The van der Waals surface area contributed by atoms with E-state index in [1.165, 1.54) is 24.3 Å². The number of amides is 1. The monoisotopic (exact) mass is 432 g/mol. The van der Waals surface area contributed by atoms with E-state index in [1.54, 1.807) is 34.3 Å². The Morgan fingerprint density at radius 1 is 1.03 bits per heavy atom. The molecule has 1 atom stereocenters. The molecule has 4 rings (SSSR count). The number of halogens is 1. The number of nitrogens with zero attached hydrogens (tertiary/aromatic N) is 2. The van der Waals surface area contributed by atoms with Crippen LogP contribution < -0.4 is 9.64 Å². The summed E-state index contributed by atoms with van der Waals surface area (Å²) in [6, 6.07) is 10.5. The SMILES string of the molecule is C[C@@H](Oc1ccc(F)cc1)C(=O)N1CCc2cc(S(=O)(=O)N3CCCCC3)ccc21. The van der Waals surface area contributed by atoms with Crippen molar-refractivity contribution in [2.24, 2.45) is 0 Å². The third-order valence-electron chi connectivity index (χ3n) is 5.64. The predicted octanol–water partition coefficient (Wildman–Crippen LogP) is 3.36. The van der Waals surface area contributed by atoms with Crippen molar-refractivity contribution >= 4 is 21.6 Å². The maximum Gasteiger partial charge on any atom is 0.267 e. The minimum atomic E-state index is -3.51. The first-order valence-electron chi connectivity index (χ1n) is 10.2. The van der Waals surface area contributed by atoms with Gasteiger partial charge in [-0.1, -0.05) is 6.42 Å². The molecule has 0 N–H and O–H groups in total. The van der Waals surface area contributed by atoms with Gasteiger partial charge in [0.1, 0.15) is 11.6 Å². The average molecular weight is 433 g/mol. The van der Waals surface area contributed by atoms with Gasteiger partial charge in [-0.3, -0.25) is 4.79 Å². The van der Waals surface area contributed by atoms with Crippen LogP contribution >= 0.6 is 0 Å². The van der Waals surface area contributed by atoms with Gasteiger partial charge in [-0.15, -0.1) is 0 Å². The standard InChI is InChI=1S/C22H25FN2O4S/c1-16(29-19-7-5-18(23)6-8-19)22(26)25-14-11-17-15-20(9-10-21(17)25)30(27,28)24-12-3-2-4-13-24/h5-10,15-16H,2-4,11-14H2,1H3/t16-/m1/s1. The van der Waals surface area contributed by atoms with Crippen molar-refractivity contribution in [2.75, 3.05) is 24.5 Å². The van der Waals surface area contributed by atoms with E-state index in [0.29, 0.717) is 37.5 Å². The lowest BCUT2D eigenvalue weighted by atomic mass is 10.2. The molecule has 160 valence electrons. The van der Waals surface area contributed by atoms with Crippen LogP contribution in [0.4, 0.5) is 10.1 Å². The van der Waals surface area contributed by atoms with Crippen LogP contribution in [-0.4, -0.2) is 44.4 Å². The number of fused-ring (bicyclic) bond motifs is 1. The molecule has 0 spiro atoms. The fourth-order valence-corrected chi connectivity index (χ4v) is 5.58. The van der Waals surface area contributed by atoms with Crippen LogP contribution in [-0.2, 0) is 21.2 Å². The Balaban J connectivity index is 1.50. The van der Waals surface area contributed by atoms with Crippen LogP contribution in [0, 0.1) is 5.82 Å². The summed E-state index contributed by atoms with van der Waals surface area (Å²) >= 11 is 0. The number of anilines is 1. The number of hydrogen-bond acceptors (Lipinski definition) is 4. The first-order valence-corrected chi connectivity index (χ1v) is 11.7. The third-order valence-corrected chi connectivity index (χ3v) is 7.53. The minimum Gasteiger partial charge on any atom is -0.481 e. The Hall–Kier alpha value is -2.45. The largest absolute Gasteiger partial charge is 0.481 e. The molecule has 0 aliphatic carbocycles. The van der Waals surface area contributed by atoms with E-state index >= 15 is 0 Å². The molecule has 0 aromatic heterocycles. The number of carbonyl (C=O) groups is 1. The van der Waals surface area contributed by atoms with Crippen molar-refractivity contribution < 1.29 is 22.3 Å². The number of carbonyl (C=O) groups excluding carboxylic acids is 1.